The van der Waals surface area contributed by atoms with Crippen LogP contribution < -0.4 is 5.32 Å². The third-order valence-corrected chi connectivity index (χ3v) is 4.12. The lowest BCUT2D eigenvalue weighted by Crippen LogP contribution is -2.62. The highest BCUT2D eigenvalue weighted by atomic mass is 16.2. The van der Waals surface area contributed by atoms with Gasteiger partial charge in [0.2, 0.25) is 11.8 Å². The van der Waals surface area contributed by atoms with E-state index in [-0.39, 0.29) is 37.0 Å². The SMILES string of the molecule is CC(C)CN1CC(=O)N2CCCN(C(=O)NC(C)C)CC2C1=O. The lowest BCUT2D eigenvalue weighted by atomic mass is 10.1. The van der Waals surface area contributed by atoms with Gasteiger partial charge in [0.05, 0.1) is 13.1 Å². The Morgan fingerprint density at radius 1 is 1.22 bits per heavy atom. The molecule has 1 atom stereocenters. The van der Waals surface area contributed by atoms with Gasteiger partial charge in [-0.25, -0.2) is 4.79 Å². The van der Waals surface area contributed by atoms with Crippen molar-refractivity contribution < 1.29 is 14.4 Å². The minimum Gasteiger partial charge on any atom is -0.336 e. The molecule has 2 saturated heterocycles. The first-order valence-corrected chi connectivity index (χ1v) is 8.43. The number of urea groups is 1. The van der Waals surface area contributed by atoms with Crippen LogP contribution in [0, 0.1) is 5.92 Å². The Hall–Kier alpha value is -1.79. The standard InChI is InChI=1S/C16H28N4O3/c1-11(2)8-19-10-14(21)20-7-5-6-18(9-13(20)15(19)22)16(23)17-12(3)4/h11-13H,5-10H2,1-4H3,(H,17,23). The van der Waals surface area contributed by atoms with Gasteiger partial charge < -0.3 is 20.0 Å². The van der Waals surface area contributed by atoms with Gasteiger partial charge in [0.25, 0.3) is 0 Å². The first-order valence-electron chi connectivity index (χ1n) is 8.43. The summed E-state index contributed by atoms with van der Waals surface area (Å²) in [5.74, 6) is 0.258. The Kier molecular flexibility index (Phi) is 5.49. The van der Waals surface area contributed by atoms with Gasteiger partial charge in [0, 0.05) is 25.7 Å². The van der Waals surface area contributed by atoms with Crippen LogP contribution in [-0.4, -0.2) is 77.4 Å². The maximum atomic E-state index is 12.8. The molecule has 7 heteroatoms. The van der Waals surface area contributed by atoms with Gasteiger partial charge in [-0.2, -0.15) is 0 Å². The summed E-state index contributed by atoms with van der Waals surface area (Å²) >= 11 is 0. The predicted octanol–water partition coefficient (Wildman–Crippen LogP) is 0.506. The minimum atomic E-state index is -0.546. The van der Waals surface area contributed by atoms with Crippen molar-refractivity contribution in [1.29, 1.82) is 0 Å². The molecule has 0 aliphatic carbocycles. The smallest absolute Gasteiger partial charge is 0.317 e. The second-order valence-corrected chi connectivity index (χ2v) is 7.12. The van der Waals surface area contributed by atoms with Crippen LogP contribution in [0.25, 0.3) is 0 Å². The van der Waals surface area contributed by atoms with E-state index in [4.69, 9.17) is 0 Å². The van der Waals surface area contributed by atoms with E-state index < -0.39 is 6.04 Å². The molecule has 0 radical (unpaired) electrons. The fraction of sp³-hybridized carbons (Fsp3) is 0.812. The van der Waals surface area contributed by atoms with Crippen LogP contribution in [0.4, 0.5) is 4.79 Å². The van der Waals surface area contributed by atoms with Crippen LogP contribution in [0.5, 0.6) is 0 Å². The number of nitrogens with zero attached hydrogens (tertiary/aromatic N) is 3. The third-order valence-electron chi connectivity index (χ3n) is 4.12. The maximum Gasteiger partial charge on any atom is 0.317 e. The number of carbonyl (C=O) groups excluding carboxylic acids is 3. The Morgan fingerprint density at radius 3 is 2.52 bits per heavy atom. The highest BCUT2D eigenvalue weighted by Gasteiger charge is 2.42. The summed E-state index contributed by atoms with van der Waals surface area (Å²) in [4.78, 5) is 42.4. The number of fused-ring (bicyclic) bond motifs is 1. The van der Waals surface area contributed by atoms with Gasteiger partial charge in [-0.1, -0.05) is 13.8 Å². The van der Waals surface area contributed by atoms with Crippen molar-refractivity contribution >= 4 is 17.8 Å². The van der Waals surface area contributed by atoms with Crippen LogP contribution in [0.15, 0.2) is 0 Å². The van der Waals surface area contributed by atoms with Crippen molar-refractivity contribution in [1.82, 2.24) is 20.0 Å². The summed E-state index contributed by atoms with van der Waals surface area (Å²) in [5.41, 5.74) is 0. The Morgan fingerprint density at radius 2 is 1.91 bits per heavy atom. The molecule has 0 bridgehead atoms. The molecule has 2 heterocycles. The van der Waals surface area contributed by atoms with E-state index >= 15 is 0 Å². The second kappa shape index (κ2) is 7.19. The molecular weight excluding hydrogens is 296 g/mol. The fourth-order valence-corrected chi connectivity index (χ4v) is 3.16. The molecule has 0 aromatic rings. The predicted molar refractivity (Wildman–Crippen MR) is 86.8 cm³/mol. The molecule has 7 nitrogen and oxygen atoms in total. The number of carbonyl (C=O) groups is 3. The molecule has 2 aliphatic rings. The van der Waals surface area contributed by atoms with Gasteiger partial charge >= 0.3 is 6.03 Å². The summed E-state index contributed by atoms with van der Waals surface area (Å²) in [5, 5.41) is 2.86. The number of amides is 4. The molecular formula is C16H28N4O3. The highest BCUT2D eigenvalue weighted by molar-refractivity contribution is 5.95. The van der Waals surface area contributed by atoms with E-state index in [9.17, 15) is 14.4 Å². The summed E-state index contributed by atoms with van der Waals surface area (Å²) in [6.45, 7) is 9.98. The molecule has 0 saturated carbocycles. The summed E-state index contributed by atoms with van der Waals surface area (Å²) < 4.78 is 0. The lowest BCUT2D eigenvalue weighted by Gasteiger charge is -2.40. The molecule has 2 aliphatic heterocycles. The van der Waals surface area contributed by atoms with E-state index in [0.29, 0.717) is 32.0 Å². The first-order chi connectivity index (χ1) is 10.8. The molecule has 23 heavy (non-hydrogen) atoms. The molecule has 2 fully saturated rings. The van der Waals surface area contributed by atoms with E-state index in [2.05, 4.69) is 5.32 Å². The molecule has 2 rings (SSSR count). The average Bonchev–Trinajstić information content (AvgIpc) is 2.66. The van der Waals surface area contributed by atoms with Crippen molar-refractivity contribution in [3.05, 3.63) is 0 Å². The van der Waals surface area contributed by atoms with Crippen molar-refractivity contribution in [3.8, 4) is 0 Å². The largest absolute Gasteiger partial charge is 0.336 e. The van der Waals surface area contributed by atoms with Crippen LogP contribution in [-0.2, 0) is 9.59 Å². The number of rotatable bonds is 3. The van der Waals surface area contributed by atoms with Gasteiger partial charge in [0.15, 0.2) is 0 Å². The molecule has 4 amide bonds. The van der Waals surface area contributed by atoms with Crippen LogP contribution in [0.2, 0.25) is 0 Å². The number of nitrogens with one attached hydrogen (secondary N) is 1. The zero-order chi connectivity index (χ0) is 17.1. The van der Waals surface area contributed by atoms with Gasteiger partial charge in [-0.3, -0.25) is 9.59 Å². The topological polar surface area (TPSA) is 73.0 Å². The zero-order valence-electron chi connectivity index (χ0n) is 14.5. The Balaban J connectivity index is 2.14. The van der Waals surface area contributed by atoms with E-state index in [0.717, 1.165) is 0 Å². The number of hydrogen-bond acceptors (Lipinski definition) is 3. The van der Waals surface area contributed by atoms with Crippen molar-refractivity contribution in [2.75, 3.05) is 32.7 Å². The van der Waals surface area contributed by atoms with Crippen molar-refractivity contribution in [2.24, 2.45) is 5.92 Å². The second-order valence-electron chi connectivity index (χ2n) is 7.12. The summed E-state index contributed by atoms with van der Waals surface area (Å²) in [6, 6.07) is -0.665. The normalized spacial score (nSPS) is 22.5. The molecule has 0 spiro atoms. The summed E-state index contributed by atoms with van der Waals surface area (Å²) in [7, 11) is 0. The molecule has 1 unspecified atom stereocenters. The Labute approximate surface area is 138 Å². The fourth-order valence-electron chi connectivity index (χ4n) is 3.16. The molecule has 130 valence electrons. The monoisotopic (exact) mass is 324 g/mol. The van der Waals surface area contributed by atoms with Gasteiger partial charge in [-0.15, -0.1) is 0 Å². The average molecular weight is 324 g/mol. The number of hydrogen-bond donors (Lipinski definition) is 1. The molecule has 1 N–H and O–H groups in total. The first kappa shape index (κ1) is 17.6. The van der Waals surface area contributed by atoms with Gasteiger partial charge in [0.1, 0.15) is 6.04 Å². The summed E-state index contributed by atoms with van der Waals surface area (Å²) in [6.07, 6.45) is 0.700. The zero-order valence-corrected chi connectivity index (χ0v) is 14.5. The third kappa shape index (κ3) is 4.14. The quantitative estimate of drug-likeness (QED) is 0.822. The highest BCUT2D eigenvalue weighted by Crippen LogP contribution is 2.19. The van der Waals surface area contributed by atoms with Crippen molar-refractivity contribution in [3.63, 3.8) is 0 Å². The Bertz CT molecular complexity index is 478. The maximum absolute atomic E-state index is 12.8. The van der Waals surface area contributed by atoms with E-state index in [1.807, 2.05) is 27.7 Å². The van der Waals surface area contributed by atoms with E-state index in [1.165, 1.54) is 0 Å². The lowest BCUT2D eigenvalue weighted by molar-refractivity contribution is -0.156. The van der Waals surface area contributed by atoms with Crippen LogP contribution in [0.3, 0.4) is 0 Å². The van der Waals surface area contributed by atoms with Crippen LogP contribution >= 0.6 is 0 Å². The number of piperazine rings is 1. The molecule has 0 aromatic heterocycles. The van der Waals surface area contributed by atoms with E-state index in [1.54, 1.807) is 14.7 Å². The van der Waals surface area contributed by atoms with Crippen LogP contribution in [0.1, 0.15) is 34.1 Å². The molecule has 0 aromatic carbocycles. The van der Waals surface area contributed by atoms with Crippen molar-refractivity contribution in [2.45, 2.75) is 46.2 Å². The van der Waals surface area contributed by atoms with Gasteiger partial charge in [-0.05, 0) is 26.2 Å². The minimum absolute atomic E-state index is 0.0126.